The lowest BCUT2D eigenvalue weighted by atomic mass is 10.1. The maximum atomic E-state index is 5.88. The summed E-state index contributed by atoms with van der Waals surface area (Å²) in [6, 6.07) is 5.63. The lowest BCUT2D eigenvalue weighted by molar-refractivity contribution is 1.24. The first-order chi connectivity index (χ1) is 6.59. The van der Waals surface area contributed by atoms with Crippen LogP contribution in [0.4, 0.5) is 11.4 Å². The van der Waals surface area contributed by atoms with Gasteiger partial charge in [0.1, 0.15) is 0 Å². The summed E-state index contributed by atoms with van der Waals surface area (Å²) < 4.78 is 0. The van der Waals surface area contributed by atoms with Crippen LogP contribution < -0.4 is 11.5 Å². The van der Waals surface area contributed by atoms with E-state index in [0.717, 1.165) is 27.8 Å². The van der Waals surface area contributed by atoms with E-state index in [2.05, 4.69) is 4.98 Å². The Morgan fingerprint density at radius 2 is 1.71 bits per heavy atom. The molecule has 0 saturated heterocycles. The van der Waals surface area contributed by atoms with Crippen LogP contribution in [0.1, 0.15) is 11.3 Å². The summed E-state index contributed by atoms with van der Waals surface area (Å²) >= 11 is 0. The van der Waals surface area contributed by atoms with Crippen LogP contribution >= 0.6 is 0 Å². The molecule has 1 heterocycles. The first-order valence-corrected chi connectivity index (χ1v) is 4.51. The highest BCUT2D eigenvalue weighted by atomic mass is 14.7. The second-order valence-electron chi connectivity index (χ2n) is 3.55. The summed E-state index contributed by atoms with van der Waals surface area (Å²) in [6.07, 6.45) is 0. The maximum absolute atomic E-state index is 5.88. The Morgan fingerprint density at radius 3 is 2.43 bits per heavy atom. The fourth-order valence-electron chi connectivity index (χ4n) is 1.75. The zero-order valence-corrected chi connectivity index (χ0v) is 8.33. The molecule has 0 unspecified atom stereocenters. The standard InChI is InChI=1S/C11H13N3/c1-6-5-7(2)14-11-9(13)4-3-8(12)10(6)11/h3-5H,12-13H2,1-2H3. The van der Waals surface area contributed by atoms with Crippen molar-refractivity contribution in [2.75, 3.05) is 11.5 Å². The number of nitrogens with two attached hydrogens (primary N) is 2. The summed E-state index contributed by atoms with van der Waals surface area (Å²) in [4.78, 5) is 4.39. The van der Waals surface area contributed by atoms with Crippen molar-refractivity contribution in [1.82, 2.24) is 4.98 Å². The van der Waals surface area contributed by atoms with Gasteiger partial charge in [0.25, 0.3) is 0 Å². The molecule has 1 aromatic heterocycles. The molecule has 0 aliphatic carbocycles. The fraction of sp³-hybridized carbons (Fsp3) is 0.182. The molecular weight excluding hydrogens is 174 g/mol. The summed E-state index contributed by atoms with van der Waals surface area (Å²) in [5.41, 5.74) is 16.0. The van der Waals surface area contributed by atoms with Gasteiger partial charge in [0.05, 0.1) is 11.2 Å². The van der Waals surface area contributed by atoms with Crippen molar-refractivity contribution in [2.45, 2.75) is 13.8 Å². The normalized spacial score (nSPS) is 10.7. The Morgan fingerprint density at radius 1 is 1.07 bits per heavy atom. The predicted octanol–water partition coefficient (Wildman–Crippen LogP) is 2.02. The van der Waals surface area contributed by atoms with E-state index in [-0.39, 0.29) is 0 Å². The monoisotopic (exact) mass is 187 g/mol. The van der Waals surface area contributed by atoms with Crippen LogP contribution in [-0.2, 0) is 0 Å². The molecule has 2 aromatic rings. The summed E-state index contributed by atoms with van der Waals surface area (Å²) in [6.45, 7) is 3.97. The van der Waals surface area contributed by atoms with Crippen LogP contribution in [0.25, 0.3) is 10.9 Å². The molecule has 3 nitrogen and oxygen atoms in total. The molecule has 0 spiro atoms. The number of aromatic nitrogens is 1. The van der Waals surface area contributed by atoms with Gasteiger partial charge in [-0.25, -0.2) is 0 Å². The van der Waals surface area contributed by atoms with Gasteiger partial charge in [-0.2, -0.15) is 0 Å². The van der Waals surface area contributed by atoms with E-state index in [4.69, 9.17) is 11.5 Å². The third-order valence-corrected chi connectivity index (χ3v) is 2.35. The molecule has 0 atom stereocenters. The molecule has 14 heavy (non-hydrogen) atoms. The molecule has 0 aliphatic heterocycles. The van der Waals surface area contributed by atoms with E-state index in [1.165, 1.54) is 0 Å². The minimum atomic E-state index is 0.681. The summed E-state index contributed by atoms with van der Waals surface area (Å²) in [5.74, 6) is 0. The van der Waals surface area contributed by atoms with Gasteiger partial charge in [-0.05, 0) is 37.6 Å². The number of pyridine rings is 1. The van der Waals surface area contributed by atoms with Crippen LogP contribution in [0.2, 0.25) is 0 Å². The predicted molar refractivity (Wildman–Crippen MR) is 60.0 cm³/mol. The number of aryl methyl sites for hydroxylation is 2. The van der Waals surface area contributed by atoms with E-state index in [9.17, 15) is 0 Å². The Bertz CT molecular complexity index is 503. The van der Waals surface area contributed by atoms with E-state index in [0.29, 0.717) is 5.69 Å². The highest BCUT2D eigenvalue weighted by Crippen LogP contribution is 2.27. The van der Waals surface area contributed by atoms with Crippen molar-refractivity contribution in [3.63, 3.8) is 0 Å². The second-order valence-corrected chi connectivity index (χ2v) is 3.55. The maximum Gasteiger partial charge on any atom is 0.0957 e. The van der Waals surface area contributed by atoms with Gasteiger partial charge in [0.2, 0.25) is 0 Å². The number of nitrogen functional groups attached to an aromatic ring is 2. The van der Waals surface area contributed by atoms with Crippen molar-refractivity contribution in [3.8, 4) is 0 Å². The first-order valence-electron chi connectivity index (χ1n) is 4.51. The number of hydrogen-bond acceptors (Lipinski definition) is 3. The Hall–Kier alpha value is -1.77. The number of nitrogens with zero attached hydrogens (tertiary/aromatic N) is 1. The molecule has 1 aromatic carbocycles. The lowest BCUT2D eigenvalue weighted by Crippen LogP contribution is -1.97. The van der Waals surface area contributed by atoms with Gasteiger partial charge in [0, 0.05) is 16.8 Å². The molecule has 0 bridgehead atoms. The van der Waals surface area contributed by atoms with Crippen molar-refractivity contribution in [1.29, 1.82) is 0 Å². The Labute approximate surface area is 82.7 Å². The summed E-state index contributed by atoms with van der Waals surface area (Å²) in [5, 5.41) is 0.968. The SMILES string of the molecule is Cc1cc(C)c2c(N)ccc(N)c2n1. The van der Waals surface area contributed by atoms with Crippen molar-refractivity contribution < 1.29 is 0 Å². The quantitative estimate of drug-likeness (QED) is 0.620. The topological polar surface area (TPSA) is 64.9 Å². The Kier molecular flexibility index (Phi) is 1.81. The second kappa shape index (κ2) is 2.87. The molecule has 0 radical (unpaired) electrons. The van der Waals surface area contributed by atoms with Crippen LogP contribution in [0, 0.1) is 13.8 Å². The number of anilines is 2. The van der Waals surface area contributed by atoms with Crippen molar-refractivity contribution in [3.05, 3.63) is 29.5 Å². The van der Waals surface area contributed by atoms with Crippen LogP contribution in [0.15, 0.2) is 18.2 Å². The third-order valence-electron chi connectivity index (χ3n) is 2.35. The van der Waals surface area contributed by atoms with Crippen LogP contribution in [0.3, 0.4) is 0 Å². The minimum Gasteiger partial charge on any atom is -0.398 e. The zero-order chi connectivity index (χ0) is 10.3. The average molecular weight is 187 g/mol. The van der Waals surface area contributed by atoms with Gasteiger partial charge in [-0.3, -0.25) is 4.98 Å². The van der Waals surface area contributed by atoms with E-state index in [1.807, 2.05) is 26.0 Å². The van der Waals surface area contributed by atoms with E-state index in [1.54, 1.807) is 6.07 Å². The molecule has 0 amide bonds. The molecule has 2 rings (SSSR count). The van der Waals surface area contributed by atoms with Gasteiger partial charge >= 0.3 is 0 Å². The number of hydrogen-bond donors (Lipinski definition) is 2. The largest absolute Gasteiger partial charge is 0.398 e. The van der Waals surface area contributed by atoms with Gasteiger partial charge < -0.3 is 11.5 Å². The third kappa shape index (κ3) is 1.18. The van der Waals surface area contributed by atoms with Crippen LogP contribution in [-0.4, -0.2) is 4.98 Å². The van der Waals surface area contributed by atoms with E-state index >= 15 is 0 Å². The van der Waals surface area contributed by atoms with Gasteiger partial charge in [-0.15, -0.1) is 0 Å². The number of fused-ring (bicyclic) bond motifs is 1. The number of benzene rings is 1. The molecule has 3 heteroatoms. The number of rotatable bonds is 0. The van der Waals surface area contributed by atoms with E-state index < -0.39 is 0 Å². The zero-order valence-electron chi connectivity index (χ0n) is 8.33. The Balaban J connectivity index is 3.00. The average Bonchev–Trinajstić information content (AvgIpc) is 2.10. The highest BCUT2D eigenvalue weighted by Gasteiger charge is 2.06. The van der Waals surface area contributed by atoms with Gasteiger partial charge in [0.15, 0.2) is 0 Å². The molecule has 72 valence electrons. The molecular formula is C11H13N3. The molecule has 4 N–H and O–H groups in total. The fourth-order valence-corrected chi connectivity index (χ4v) is 1.75. The summed E-state index contributed by atoms with van der Waals surface area (Å²) in [7, 11) is 0. The lowest BCUT2D eigenvalue weighted by Gasteiger charge is -2.08. The smallest absolute Gasteiger partial charge is 0.0957 e. The highest BCUT2D eigenvalue weighted by molar-refractivity contribution is 5.99. The van der Waals surface area contributed by atoms with Crippen LogP contribution in [0.5, 0.6) is 0 Å². The molecule has 0 fully saturated rings. The van der Waals surface area contributed by atoms with Crippen molar-refractivity contribution >= 4 is 22.3 Å². The molecule has 0 saturated carbocycles. The van der Waals surface area contributed by atoms with Gasteiger partial charge in [-0.1, -0.05) is 0 Å². The van der Waals surface area contributed by atoms with Crippen molar-refractivity contribution in [2.24, 2.45) is 0 Å². The molecule has 0 aliphatic rings. The minimum absolute atomic E-state index is 0.681. The first kappa shape index (κ1) is 8.81.